The maximum atomic E-state index is 5.43. The molecule has 0 saturated heterocycles. The van der Waals surface area contributed by atoms with Gasteiger partial charge in [0.15, 0.2) is 0 Å². The van der Waals surface area contributed by atoms with Gasteiger partial charge in [-0.1, -0.05) is 0 Å². The number of nitrogen functional groups attached to an aromatic ring is 1. The first-order chi connectivity index (χ1) is 8.83. The van der Waals surface area contributed by atoms with Crippen molar-refractivity contribution < 1.29 is 0 Å². The maximum Gasteiger partial charge on any atom is 0.145 e. The molecule has 4 N–H and O–H groups in total. The molecule has 0 atom stereocenters. The highest BCUT2D eigenvalue weighted by Gasteiger charge is 2.27. The van der Waals surface area contributed by atoms with Crippen LogP contribution in [0.3, 0.4) is 0 Å². The van der Waals surface area contributed by atoms with Gasteiger partial charge >= 0.3 is 0 Å². The van der Waals surface area contributed by atoms with Gasteiger partial charge in [-0.3, -0.25) is 0 Å². The molecular formula is C12H21N5S. The first-order valence-electron chi connectivity index (χ1n) is 6.42. The first kappa shape index (κ1) is 13.4. The first-order valence-corrected chi connectivity index (χ1v) is 7.81. The lowest BCUT2D eigenvalue weighted by Gasteiger charge is -2.09. The fourth-order valence-corrected chi connectivity index (χ4v) is 2.24. The molecule has 1 aromatic heterocycles. The van der Waals surface area contributed by atoms with Crippen LogP contribution in [0.1, 0.15) is 37.4 Å². The molecule has 0 radical (unpaired) electrons. The van der Waals surface area contributed by atoms with Gasteiger partial charge in [0.1, 0.15) is 17.5 Å². The monoisotopic (exact) mass is 267 g/mol. The molecule has 1 aromatic rings. The van der Waals surface area contributed by atoms with Gasteiger partial charge in [-0.05, 0) is 37.7 Å². The Morgan fingerprint density at radius 3 is 2.78 bits per heavy atom. The average molecular weight is 267 g/mol. The number of hydrogen-bond donors (Lipinski definition) is 3. The summed E-state index contributed by atoms with van der Waals surface area (Å²) in [5.41, 5.74) is 2.61. The largest absolute Gasteiger partial charge is 0.370 e. The summed E-state index contributed by atoms with van der Waals surface area (Å²) >= 11 is 1.89. The van der Waals surface area contributed by atoms with Gasteiger partial charge in [0.2, 0.25) is 0 Å². The summed E-state index contributed by atoms with van der Waals surface area (Å²) in [5, 5.41) is 3.35. The zero-order chi connectivity index (χ0) is 12.8. The number of rotatable bonds is 8. The Morgan fingerprint density at radius 2 is 2.11 bits per heavy atom. The highest BCUT2D eigenvalue weighted by Crippen LogP contribution is 2.38. The van der Waals surface area contributed by atoms with Crippen molar-refractivity contribution in [3.8, 4) is 0 Å². The summed E-state index contributed by atoms with van der Waals surface area (Å²) in [6.07, 6.45) is 6.92. The minimum Gasteiger partial charge on any atom is -0.370 e. The molecule has 0 spiro atoms. The van der Waals surface area contributed by atoms with E-state index in [-0.39, 0.29) is 0 Å². The molecule has 0 amide bonds. The Kier molecular flexibility index (Phi) is 5.07. The molecule has 6 heteroatoms. The number of nitrogens with zero attached hydrogens (tertiary/aromatic N) is 2. The standard InChI is InChI=1S/C12H21N5S/c1-18-7-3-2-6-14-10-8-11(17-13)16-12(15-10)9-4-5-9/h8-9H,2-7,13H2,1H3,(H2,14,15,16,17). The number of hydrogen-bond acceptors (Lipinski definition) is 6. The van der Waals surface area contributed by atoms with E-state index in [1.165, 1.54) is 25.0 Å². The van der Waals surface area contributed by atoms with Crippen molar-refractivity contribution in [2.45, 2.75) is 31.6 Å². The molecule has 0 aliphatic heterocycles. The third kappa shape index (κ3) is 4.03. The average Bonchev–Trinajstić information content (AvgIpc) is 3.22. The summed E-state index contributed by atoms with van der Waals surface area (Å²) in [6, 6.07) is 1.86. The van der Waals surface area contributed by atoms with Crippen LogP contribution in [0.25, 0.3) is 0 Å². The van der Waals surface area contributed by atoms with Crippen molar-refractivity contribution in [1.29, 1.82) is 0 Å². The number of anilines is 2. The second-order valence-corrected chi connectivity index (χ2v) is 5.53. The van der Waals surface area contributed by atoms with Crippen LogP contribution in [0.4, 0.5) is 11.6 Å². The number of thioether (sulfide) groups is 1. The highest BCUT2D eigenvalue weighted by atomic mass is 32.2. The number of nitrogens with two attached hydrogens (primary N) is 1. The van der Waals surface area contributed by atoms with Crippen LogP contribution in [0.2, 0.25) is 0 Å². The van der Waals surface area contributed by atoms with Gasteiger partial charge in [-0.25, -0.2) is 15.8 Å². The van der Waals surface area contributed by atoms with Crippen LogP contribution in [0, 0.1) is 0 Å². The molecule has 2 rings (SSSR count). The van der Waals surface area contributed by atoms with Crippen molar-refractivity contribution >= 4 is 23.4 Å². The van der Waals surface area contributed by atoms with Crippen molar-refractivity contribution in [3.63, 3.8) is 0 Å². The number of hydrazine groups is 1. The summed E-state index contributed by atoms with van der Waals surface area (Å²) in [7, 11) is 0. The van der Waals surface area contributed by atoms with Crippen LogP contribution in [-0.2, 0) is 0 Å². The Labute approximate surface area is 112 Å². The number of unbranched alkanes of at least 4 members (excludes halogenated alkanes) is 1. The van der Waals surface area contributed by atoms with E-state index in [9.17, 15) is 0 Å². The normalized spacial score (nSPS) is 14.6. The van der Waals surface area contributed by atoms with Crippen molar-refractivity contribution in [2.75, 3.05) is 29.3 Å². The zero-order valence-electron chi connectivity index (χ0n) is 10.8. The van der Waals surface area contributed by atoms with Crippen LogP contribution in [0.5, 0.6) is 0 Å². The third-order valence-electron chi connectivity index (χ3n) is 2.92. The summed E-state index contributed by atoms with van der Waals surface area (Å²) in [6.45, 7) is 0.950. The van der Waals surface area contributed by atoms with Crippen LogP contribution in [0.15, 0.2) is 6.07 Å². The van der Waals surface area contributed by atoms with Crippen molar-refractivity contribution in [2.24, 2.45) is 5.84 Å². The topological polar surface area (TPSA) is 75.9 Å². The van der Waals surface area contributed by atoms with Gasteiger partial charge in [0.25, 0.3) is 0 Å². The van der Waals surface area contributed by atoms with E-state index in [0.29, 0.717) is 11.7 Å². The highest BCUT2D eigenvalue weighted by molar-refractivity contribution is 7.98. The van der Waals surface area contributed by atoms with Crippen molar-refractivity contribution in [3.05, 3.63) is 11.9 Å². The van der Waals surface area contributed by atoms with E-state index in [4.69, 9.17) is 5.84 Å². The van der Waals surface area contributed by atoms with Gasteiger partial charge in [-0.15, -0.1) is 0 Å². The lowest BCUT2D eigenvalue weighted by Crippen LogP contribution is -2.12. The van der Waals surface area contributed by atoms with Crippen LogP contribution >= 0.6 is 11.8 Å². The van der Waals surface area contributed by atoms with E-state index in [2.05, 4.69) is 27.0 Å². The quantitative estimate of drug-likeness (QED) is 0.381. The molecule has 0 bridgehead atoms. The molecule has 0 unspecified atom stereocenters. The maximum absolute atomic E-state index is 5.43. The number of nitrogens with one attached hydrogen (secondary N) is 2. The van der Waals surface area contributed by atoms with Crippen LogP contribution in [-0.4, -0.2) is 28.5 Å². The summed E-state index contributed by atoms with van der Waals surface area (Å²) < 4.78 is 0. The Bertz CT molecular complexity index is 381. The predicted molar refractivity (Wildman–Crippen MR) is 77.9 cm³/mol. The molecule has 0 aromatic carbocycles. The SMILES string of the molecule is CSCCCCNc1cc(NN)nc(C2CC2)n1. The Balaban J connectivity index is 1.88. The van der Waals surface area contributed by atoms with E-state index < -0.39 is 0 Å². The third-order valence-corrected chi connectivity index (χ3v) is 3.61. The molecule has 100 valence electrons. The molecule has 1 aliphatic rings. The van der Waals surface area contributed by atoms with Gasteiger partial charge in [-0.2, -0.15) is 11.8 Å². The lowest BCUT2D eigenvalue weighted by atomic mass is 10.3. The van der Waals surface area contributed by atoms with Crippen LogP contribution < -0.4 is 16.6 Å². The smallest absolute Gasteiger partial charge is 0.145 e. The molecule has 18 heavy (non-hydrogen) atoms. The summed E-state index contributed by atoms with van der Waals surface area (Å²) in [4.78, 5) is 8.92. The Morgan fingerprint density at radius 1 is 1.33 bits per heavy atom. The fraction of sp³-hybridized carbons (Fsp3) is 0.667. The number of aromatic nitrogens is 2. The molecular weight excluding hydrogens is 246 g/mol. The Hall–Kier alpha value is -1.01. The molecule has 1 aliphatic carbocycles. The predicted octanol–water partition coefficient (Wildman–Crippen LogP) is 2.19. The van der Waals surface area contributed by atoms with Crippen molar-refractivity contribution in [1.82, 2.24) is 9.97 Å². The fourth-order valence-electron chi connectivity index (χ4n) is 1.74. The van der Waals surface area contributed by atoms with E-state index in [1.54, 1.807) is 0 Å². The van der Waals surface area contributed by atoms with Gasteiger partial charge < -0.3 is 10.7 Å². The van der Waals surface area contributed by atoms with E-state index in [1.807, 2.05) is 17.8 Å². The van der Waals surface area contributed by atoms with Gasteiger partial charge in [0.05, 0.1) is 0 Å². The van der Waals surface area contributed by atoms with E-state index in [0.717, 1.165) is 24.6 Å². The minimum absolute atomic E-state index is 0.537. The van der Waals surface area contributed by atoms with Gasteiger partial charge in [0, 0.05) is 18.5 Å². The second kappa shape index (κ2) is 6.80. The summed E-state index contributed by atoms with van der Waals surface area (Å²) in [5.74, 6) is 9.67. The second-order valence-electron chi connectivity index (χ2n) is 4.54. The molecule has 1 fully saturated rings. The molecule has 1 heterocycles. The van der Waals surface area contributed by atoms with E-state index >= 15 is 0 Å². The zero-order valence-corrected chi connectivity index (χ0v) is 11.6. The lowest BCUT2D eigenvalue weighted by molar-refractivity contribution is 0.834. The molecule has 5 nitrogen and oxygen atoms in total. The molecule has 1 saturated carbocycles. The minimum atomic E-state index is 0.537.